The molecular formula is C26H22Cl2N4O. The highest BCUT2D eigenvalue weighted by molar-refractivity contribution is 6.35. The van der Waals surface area contributed by atoms with Crippen LogP contribution in [0.15, 0.2) is 82.8 Å². The molecule has 0 radical (unpaired) electrons. The lowest BCUT2D eigenvalue weighted by Gasteiger charge is -2.23. The van der Waals surface area contributed by atoms with Gasteiger partial charge in [0.05, 0.1) is 17.9 Å². The molecule has 166 valence electrons. The number of fused-ring (bicyclic) bond motifs is 3. The molecular weight excluding hydrogens is 455 g/mol. The van der Waals surface area contributed by atoms with Crippen molar-refractivity contribution in [1.29, 1.82) is 0 Å². The summed E-state index contributed by atoms with van der Waals surface area (Å²) in [6, 6.07) is 23.6. The summed E-state index contributed by atoms with van der Waals surface area (Å²) < 4.78 is 0. The fourth-order valence-corrected chi connectivity index (χ4v) is 4.73. The molecule has 1 amide bonds. The molecule has 5 nitrogen and oxygen atoms in total. The first-order valence-electron chi connectivity index (χ1n) is 10.9. The van der Waals surface area contributed by atoms with E-state index < -0.39 is 6.17 Å². The Balaban J connectivity index is 1.44. The fourth-order valence-electron chi connectivity index (χ4n) is 4.23. The molecule has 2 aliphatic rings. The zero-order valence-corrected chi connectivity index (χ0v) is 19.4. The molecule has 2 aliphatic heterocycles. The molecule has 3 aromatic carbocycles. The summed E-state index contributed by atoms with van der Waals surface area (Å²) in [4.78, 5) is 24.8. The Bertz CT molecular complexity index is 1260. The van der Waals surface area contributed by atoms with Crippen LogP contribution in [0, 0.1) is 0 Å². The number of para-hydroxylation sites is 1. The standard InChI is InChI=1S/C26H22Cl2N4O/c27-19-12-10-17(21(28)16-19)11-13-23(33)30-25-26-29-14-15-32(26)22-9-5-4-8-20(22)24(31-25)18-6-2-1-3-7-18/h1-10,12,16,25H,11,13-15H2,(H,30,33). The van der Waals surface area contributed by atoms with E-state index in [2.05, 4.69) is 22.3 Å². The topological polar surface area (TPSA) is 57.1 Å². The second kappa shape index (κ2) is 9.38. The van der Waals surface area contributed by atoms with Gasteiger partial charge in [0.15, 0.2) is 6.17 Å². The number of carbonyl (C=O) groups excluding carboxylic acids is 1. The van der Waals surface area contributed by atoms with Crippen LogP contribution in [-0.2, 0) is 11.2 Å². The van der Waals surface area contributed by atoms with Gasteiger partial charge in [-0.2, -0.15) is 0 Å². The van der Waals surface area contributed by atoms with Crippen LogP contribution < -0.4 is 10.2 Å². The van der Waals surface area contributed by atoms with Gasteiger partial charge in [-0.05, 0) is 30.2 Å². The van der Waals surface area contributed by atoms with Crippen molar-refractivity contribution < 1.29 is 4.79 Å². The Morgan fingerprint density at radius 1 is 1.03 bits per heavy atom. The van der Waals surface area contributed by atoms with Gasteiger partial charge in [0.2, 0.25) is 5.91 Å². The molecule has 0 fully saturated rings. The number of hydrogen-bond acceptors (Lipinski definition) is 4. The number of aliphatic imine (C=N–C) groups is 2. The number of amides is 1. The zero-order valence-electron chi connectivity index (χ0n) is 17.8. The third-order valence-corrected chi connectivity index (χ3v) is 6.40. The smallest absolute Gasteiger partial charge is 0.222 e. The van der Waals surface area contributed by atoms with Crippen molar-refractivity contribution in [1.82, 2.24) is 5.32 Å². The number of anilines is 1. The summed E-state index contributed by atoms with van der Waals surface area (Å²) >= 11 is 12.3. The lowest BCUT2D eigenvalue weighted by molar-refractivity contribution is -0.121. The first-order chi connectivity index (χ1) is 16.1. The van der Waals surface area contributed by atoms with Crippen LogP contribution in [0.3, 0.4) is 0 Å². The predicted octanol–water partition coefficient (Wildman–Crippen LogP) is 5.14. The van der Waals surface area contributed by atoms with Gasteiger partial charge in [0, 0.05) is 34.1 Å². The molecule has 0 spiro atoms. The van der Waals surface area contributed by atoms with E-state index >= 15 is 0 Å². The highest BCUT2D eigenvalue weighted by Gasteiger charge is 2.33. The normalized spacial score (nSPS) is 16.9. The summed E-state index contributed by atoms with van der Waals surface area (Å²) in [6.45, 7) is 1.43. The average molecular weight is 477 g/mol. The SMILES string of the molecule is O=C(CCc1ccc(Cl)cc1Cl)NC1N=C(c2ccccc2)c2ccccc2N2CCN=C12. The Hall–Kier alpha value is -3.15. The van der Waals surface area contributed by atoms with E-state index in [9.17, 15) is 4.79 Å². The average Bonchev–Trinajstić information content (AvgIpc) is 3.27. The molecule has 0 saturated carbocycles. The number of benzene rings is 3. The quantitative estimate of drug-likeness (QED) is 0.554. The monoisotopic (exact) mass is 476 g/mol. The summed E-state index contributed by atoms with van der Waals surface area (Å²) in [6.07, 6.45) is 0.234. The van der Waals surface area contributed by atoms with Crippen LogP contribution in [0.25, 0.3) is 0 Å². The van der Waals surface area contributed by atoms with E-state index in [4.69, 9.17) is 33.2 Å². The summed E-state index contributed by atoms with van der Waals surface area (Å²) in [5.74, 6) is 0.661. The van der Waals surface area contributed by atoms with Crippen molar-refractivity contribution >= 4 is 46.3 Å². The molecule has 0 saturated heterocycles. The molecule has 3 aromatic rings. The number of aryl methyl sites for hydroxylation is 1. The van der Waals surface area contributed by atoms with Gasteiger partial charge in [-0.15, -0.1) is 0 Å². The summed E-state index contributed by atoms with van der Waals surface area (Å²) in [7, 11) is 0. The van der Waals surface area contributed by atoms with Gasteiger partial charge in [-0.25, -0.2) is 0 Å². The van der Waals surface area contributed by atoms with Crippen LogP contribution in [0.5, 0.6) is 0 Å². The maximum atomic E-state index is 13.0. The minimum Gasteiger partial charge on any atom is -0.328 e. The van der Waals surface area contributed by atoms with Crippen LogP contribution in [0.4, 0.5) is 5.69 Å². The van der Waals surface area contributed by atoms with Crippen LogP contribution >= 0.6 is 23.2 Å². The molecule has 33 heavy (non-hydrogen) atoms. The van der Waals surface area contributed by atoms with E-state index in [0.717, 1.165) is 40.5 Å². The maximum Gasteiger partial charge on any atom is 0.222 e. The molecule has 7 heteroatoms. The zero-order chi connectivity index (χ0) is 22.8. The third kappa shape index (κ3) is 4.52. The second-order valence-electron chi connectivity index (χ2n) is 7.96. The molecule has 2 heterocycles. The van der Waals surface area contributed by atoms with Crippen molar-refractivity contribution in [3.05, 3.63) is 99.5 Å². The molecule has 0 aromatic heterocycles. The van der Waals surface area contributed by atoms with Crippen molar-refractivity contribution in [2.45, 2.75) is 19.0 Å². The van der Waals surface area contributed by atoms with Gasteiger partial charge >= 0.3 is 0 Å². The number of rotatable bonds is 5. The lowest BCUT2D eigenvalue weighted by Crippen LogP contribution is -2.45. The van der Waals surface area contributed by atoms with Crippen molar-refractivity contribution in [2.75, 3.05) is 18.0 Å². The highest BCUT2D eigenvalue weighted by atomic mass is 35.5. The van der Waals surface area contributed by atoms with E-state index in [1.165, 1.54) is 0 Å². The first kappa shape index (κ1) is 21.7. The first-order valence-corrected chi connectivity index (χ1v) is 11.6. The Morgan fingerprint density at radius 3 is 2.64 bits per heavy atom. The van der Waals surface area contributed by atoms with Gasteiger partial charge in [-0.3, -0.25) is 14.8 Å². The number of halogens is 2. The van der Waals surface area contributed by atoms with Crippen molar-refractivity contribution in [3.8, 4) is 0 Å². The Kier molecular flexibility index (Phi) is 6.16. The van der Waals surface area contributed by atoms with Gasteiger partial charge in [0.1, 0.15) is 5.84 Å². The molecule has 1 N–H and O–H groups in total. The van der Waals surface area contributed by atoms with E-state index in [1.807, 2.05) is 48.5 Å². The number of hydrogen-bond donors (Lipinski definition) is 1. The lowest BCUT2D eigenvalue weighted by atomic mass is 10.0. The number of nitrogens with zero attached hydrogens (tertiary/aromatic N) is 3. The molecule has 5 rings (SSSR count). The van der Waals surface area contributed by atoms with E-state index in [0.29, 0.717) is 23.0 Å². The number of nitrogens with one attached hydrogen (secondary N) is 1. The summed E-state index contributed by atoms with van der Waals surface area (Å²) in [5.41, 5.74) is 4.81. The molecule has 0 aliphatic carbocycles. The summed E-state index contributed by atoms with van der Waals surface area (Å²) in [5, 5.41) is 4.24. The molecule has 1 unspecified atom stereocenters. The van der Waals surface area contributed by atoms with Crippen LogP contribution in [-0.4, -0.2) is 36.7 Å². The minimum absolute atomic E-state index is 0.109. The molecule has 1 atom stereocenters. The number of carbonyl (C=O) groups is 1. The largest absolute Gasteiger partial charge is 0.328 e. The van der Waals surface area contributed by atoms with Crippen molar-refractivity contribution in [2.24, 2.45) is 9.98 Å². The van der Waals surface area contributed by atoms with Gasteiger partial charge in [0.25, 0.3) is 0 Å². The minimum atomic E-state index is -0.566. The van der Waals surface area contributed by atoms with E-state index in [-0.39, 0.29) is 12.3 Å². The van der Waals surface area contributed by atoms with Gasteiger partial charge < -0.3 is 10.2 Å². The van der Waals surface area contributed by atoms with Crippen LogP contribution in [0.2, 0.25) is 10.0 Å². The van der Waals surface area contributed by atoms with Gasteiger partial charge in [-0.1, -0.05) is 77.8 Å². The maximum absolute atomic E-state index is 13.0. The van der Waals surface area contributed by atoms with E-state index in [1.54, 1.807) is 12.1 Å². The number of amidine groups is 1. The highest BCUT2D eigenvalue weighted by Crippen LogP contribution is 2.30. The Labute approximate surface area is 202 Å². The third-order valence-electron chi connectivity index (χ3n) is 5.81. The Morgan fingerprint density at radius 2 is 1.82 bits per heavy atom. The predicted molar refractivity (Wildman–Crippen MR) is 135 cm³/mol. The second-order valence-corrected chi connectivity index (χ2v) is 8.80. The molecule has 0 bridgehead atoms. The fraction of sp³-hybridized carbons (Fsp3) is 0.192. The van der Waals surface area contributed by atoms with Crippen molar-refractivity contribution in [3.63, 3.8) is 0 Å². The van der Waals surface area contributed by atoms with Crippen LogP contribution in [0.1, 0.15) is 23.1 Å².